The van der Waals surface area contributed by atoms with E-state index in [1.165, 1.54) is 12.1 Å². The van der Waals surface area contributed by atoms with E-state index >= 15 is 0 Å². The van der Waals surface area contributed by atoms with E-state index in [4.69, 9.17) is 0 Å². The summed E-state index contributed by atoms with van der Waals surface area (Å²) in [6, 6.07) is 6.05. The average Bonchev–Trinajstić information content (AvgIpc) is 3.24. The van der Waals surface area contributed by atoms with Crippen LogP contribution in [0.1, 0.15) is 37.9 Å². The second-order valence-electron chi connectivity index (χ2n) is 6.48. The van der Waals surface area contributed by atoms with Gasteiger partial charge in [-0.05, 0) is 48.8 Å². The molecule has 3 rings (SSSR count). The fourth-order valence-electron chi connectivity index (χ4n) is 3.27. The highest BCUT2D eigenvalue weighted by Gasteiger charge is 2.42. The third-order valence-electron chi connectivity index (χ3n) is 4.94. The van der Waals surface area contributed by atoms with Gasteiger partial charge in [-0.2, -0.15) is 0 Å². The molecule has 2 fully saturated rings. The van der Waals surface area contributed by atoms with Crippen molar-refractivity contribution in [2.75, 3.05) is 13.1 Å². The lowest BCUT2D eigenvalue weighted by Crippen LogP contribution is -2.40. The van der Waals surface area contributed by atoms with Gasteiger partial charge in [-0.3, -0.25) is 4.79 Å². The Morgan fingerprint density at radius 1 is 1.29 bits per heavy atom. The number of benzene rings is 1. The number of hydrogen-bond acceptors (Lipinski definition) is 2. The van der Waals surface area contributed by atoms with Gasteiger partial charge in [0, 0.05) is 19.0 Å². The molecule has 1 N–H and O–H groups in total. The number of nitrogens with zero attached hydrogens (tertiary/aromatic N) is 1. The number of piperidine rings is 1. The molecule has 1 amide bonds. The van der Waals surface area contributed by atoms with Crippen LogP contribution in [0.15, 0.2) is 24.3 Å². The molecule has 1 heterocycles. The van der Waals surface area contributed by atoms with Gasteiger partial charge in [0.1, 0.15) is 5.82 Å². The summed E-state index contributed by atoms with van der Waals surface area (Å²) in [7, 11) is 0. The number of aliphatic hydroxyl groups is 1. The number of likely N-dealkylation sites (tertiary alicyclic amines) is 1. The van der Waals surface area contributed by atoms with Crippen LogP contribution in [0.2, 0.25) is 0 Å². The second-order valence-corrected chi connectivity index (χ2v) is 6.48. The van der Waals surface area contributed by atoms with Crippen LogP contribution in [0.4, 0.5) is 4.39 Å². The van der Waals surface area contributed by atoms with E-state index in [-0.39, 0.29) is 23.6 Å². The zero-order valence-corrected chi connectivity index (χ0v) is 12.3. The summed E-state index contributed by atoms with van der Waals surface area (Å²) in [4.78, 5) is 14.1. The minimum Gasteiger partial charge on any atom is -0.388 e. The molecular weight excluding hydrogens is 269 g/mol. The van der Waals surface area contributed by atoms with E-state index in [1.807, 2.05) is 4.90 Å². The lowest BCUT2D eigenvalue weighted by molar-refractivity contribution is -0.134. The van der Waals surface area contributed by atoms with Crippen LogP contribution < -0.4 is 0 Å². The van der Waals surface area contributed by atoms with Crippen LogP contribution in [0.3, 0.4) is 0 Å². The molecule has 4 heteroatoms. The summed E-state index contributed by atoms with van der Waals surface area (Å²) < 4.78 is 12.9. The van der Waals surface area contributed by atoms with Crippen molar-refractivity contribution in [2.24, 2.45) is 17.8 Å². The molecule has 1 saturated heterocycles. The standard InChI is InChI=1S/C17H22FNO2/c1-11-10-15(11)17(21)19-8-6-13(7-9-19)16(20)12-2-4-14(18)5-3-12/h2-5,11,13,15-16,20H,6-10H2,1H3. The predicted molar refractivity (Wildman–Crippen MR) is 77.9 cm³/mol. The Balaban J connectivity index is 1.55. The van der Waals surface area contributed by atoms with Gasteiger partial charge < -0.3 is 10.0 Å². The average molecular weight is 291 g/mol. The third-order valence-corrected chi connectivity index (χ3v) is 4.94. The summed E-state index contributed by atoms with van der Waals surface area (Å²) in [6.45, 7) is 3.57. The van der Waals surface area contributed by atoms with Crippen molar-refractivity contribution >= 4 is 5.91 Å². The van der Waals surface area contributed by atoms with Gasteiger partial charge in [0.05, 0.1) is 6.10 Å². The SMILES string of the molecule is CC1CC1C(=O)N1CCC(C(O)c2ccc(F)cc2)CC1. The van der Waals surface area contributed by atoms with E-state index in [9.17, 15) is 14.3 Å². The van der Waals surface area contributed by atoms with Crippen molar-refractivity contribution < 1.29 is 14.3 Å². The molecule has 1 saturated carbocycles. The van der Waals surface area contributed by atoms with Crippen LogP contribution in [-0.4, -0.2) is 29.0 Å². The number of carbonyl (C=O) groups excluding carboxylic acids is 1. The number of halogens is 1. The first-order chi connectivity index (χ1) is 10.1. The highest BCUT2D eigenvalue weighted by molar-refractivity contribution is 5.81. The molecule has 0 spiro atoms. The van der Waals surface area contributed by atoms with Crippen LogP contribution in [0.5, 0.6) is 0 Å². The van der Waals surface area contributed by atoms with Crippen molar-refractivity contribution in [1.82, 2.24) is 4.90 Å². The molecule has 2 aliphatic rings. The Labute approximate surface area is 124 Å². The monoisotopic (exact) mass is 291 g/mol. The summed E-state index contributed by atoms with van der Waals surface area (Å²) in [5, 5.41) is 10.4. The number of amides is 1. The highest BCUT2D eigenvalue weighted by Crippen LogP contribution is 2.40. The first kappa shape index (κ1) is 14.5. The van der Waals surface area contributed by atoms with E-state index < -0.39 is 6.10 Å². The van der Waals surface area contributed by atoms with Crippen molar-refractivity contribution in [2.45, 2.75) is 32.3 Å². The molecular formula is C17H22FNO2. The van der Waals surface area contributed by atoms with Gasteiger partial charge in [0.25, 0.3) is 0 Å². The molecule has 0 radical (unpaired) electrons. The lowest BCUT2D eigenvalue weighted by atomic mass is 9.87. The summed E-state index contributed by atoms with van der Waals surface area (Å²) in [5.41, 5.74) is 0.761. The van der Waals surface area contributed by atoms with E-state index in [0.29, 0.717) is 5.92 Å². The minimum absolute atomic E-state index is 0.149. The van der Waals surface area contributed by atoms with Crippen LogP contribution >= 0.6 is 0 Å². The maximum Gasteiger partial charge on any atom is 0.225 e. The Kier molecular flexibility index (Phi) is 3.98. The van der Waals surface area contributed by atoms with Crippen LogP contribution in [0, 0.1) is 23.6 Å². The fraction of sp³-hybridized carbons (Fsp3) is 0.588. The molecule has 1 aliphatic heterocycles. The highest BCUT2D eigenvalue weighted by atomic mass is 19.1. The fourth-order valence-corrected chi connectivity index (χ4v) is 3.27. The van der Waals surface area contributed by atoms with E-state index in [2.05, 4.69) is 6.92 Å². The number of rotatable bonds is 3. The Morgan fingerprint density at radius 3 is 2.38 bits per heavy atom. The van der Waals surface area contributed by atoms with Crippen LogP contribution in [0.25, 0.3) is 0 Å². The van der Waals surface area contributed by atoms with Gasteiger partial charge in [-0.25, -0.2) is 4.39 Å². The summed E-state index contributed by atoms with van der Waals surface area (Å²) in [5.74, 6) is 0.932. The maximum absolute atomic E-state index is 12.9. The van der Waals surface area contributed by atoms with Crippen molar-refractivity contribution in [3.05, 3.63) is 35.6 Å². The Hall–Kier alpha value is -1.42. The molecule has 1 aromatic carbocycles. The quantitative estimate of drug-likeness (QED) is 0.930. The number of carbonyl (C=O) groups is 1. The molecule has 3 atom stereocenters. The predicted octanol–water partition coefficient (Wildman–Crippen LogP) is 2.75. The molecule has 3 unspecified atom stereocenters. The van der Waals surface area contributed by atoms with Crippen molar-refractivity contribution in [3.8, 4) is 0 Å². The molecule has 0 bridgehead atoms. The van der Waals surface area contributed by atoms with Gasteiger partial charge in [0.15, 0.2) is 0 Å². The van der Waals surface area contributed by atoms with Gasteiger partial charge >= 0.3 is 0 Å². The lowest BCUT2D eigenvalue weighted by Gasteiger charge is -2.34. The van der Waals surface area contributed by atoms with Gasteiger partial charge in [0.2, 0.25) is 5.91 Å². The molecule has 3 nitrogen and oxygen atoms in total. The van der Waals surface area contributed by atoms with Crippen LogP contribution in [-0.2, 0) is 4.79 Å². The first-order valence-electron chi connectivity index (χ1n) is 7.78. The van der Waals surface area contributed by atoms with Gasteiger partial charge in [-0.15, -0.1) is 0 Å². The number of aliphatic hydroxyl groups excluding tert-OH is 1. The van der Waals surface area contributed by atoms with Gasteiger partial charge in [-0.1, -0.05) is 19.1 Å². The summed E-state index contributed by atoms with van der Waals surface area (Å²) >= 11 is 0. The second kappa shape index (κ2) is 5.76. The molecule has 21 heavy (non-hydrogen) atoms. The third kappa shape index (κ3) is 3.10. The zero-order chi connectivity index (χ0) is 15.0. The summed E-state index contributed by atoms with van der Waals surface area (Å²) in [6.07, 6.45) is 2.08. The molecule has 0 aromatic heterocycles. The molecule has 1 aromatic rings. The smallest absolute Gasteiger partial charge is 0.225 e. The normalized spacial score (nSPS) is 27.5. The van der Waals surface area contributed by atoms with E-state index in [0.717, 1.165) is 37.9 Å². The maximum atomic E-state index is 12.9. The molecule has 1 aliphatic carbocycles. The first-order valence-corrected chi connectivity index (χ1v) is 7.78. The van der Waals surface area contributed by atoms with Crippen molar-refractivity contribution in [3.63, 3.8) is 0 Å². The topological polar surface area (TPSA) is 40.5 Å². The zero-order valence-electron chi connectivity index (χ0n) is 12.3. The Bertz CT molecular complexity index is 508. The largest absolute Gasteiger partial charge is 0.388 e. The van der Waals surface area contributed by atoms with Crippen molar-refractivity contribution in [1.29, 1.82) is 0 Å². The minimum atomic E-state index is -0.567. The number of hydrogen-bond donors (Lipinski definition) is 1. The Morgan fingerprint density at radius 2 is 1.86 bits per heavy atom. The molecule has 114 valence electrons. The van der Waals surface area contributed by atoms with E-state index in [1.54, 1.807) is 12.1 Å².